The minimum absolute atomic E-state index is 0.0586. The van der Waals surface area contributed by atoms with Crippen LogP contribution in [-0.4, -0.2) is 43.0 Å². The molecular weight excluding hydrogens is 328 g/mol. The van der Waals surface area contributed by atoms with E-state index in [0.717, 1.165) is 12.1 Å². The number of aryl methyl sites for hydroxylation is 1. The van der Waals surface area contributed by atoms with Gasteiger partial charge in [-0.15, -0.1) is 0 Å². The second-order valence-electron chi connectivity index (χ2n) is 6.42. The fraction of sp³-hybridized carbons (Fsp3) is 0.333. The maximum Gasteiger partial charge on any atom is 0.254 e. The molecule has 136 valence electrons. The number of carbonyl (C=O) groups excluding carboxylic acids is 2. The van der Waals surface area contributed by atoms with Crippen LogP contribution < -0.4 is 9.64 Å². The van der Waals surface area contributed by atoms with Gasteiger partial charge in [-0.2, -0.15) is 0 Å². The number of hydrogen-bond acceptors (Lipinski definition) is 3. The highest BCUT2D eigenvalue weighted by molar-refractivity contribution is 6.03. The third kappa shape index (κ3) is 3.43. The molecule has 0 saturated carbocycles. The molecule has 2 amide bonds. The summed E-state index contributed by atoms with van der Waals surface area (Å²) in [6.07, 6.45) is 0.966. The number of piperazine rings is 1. The van der Waals surface area contributed by atoms with Crippen LogP contribution in [0.5, 0.6) is 5.75 Å². The first-order valence-corrected chi connectivity index (χ1v) is 8.90. The highest BCUT2D eigenvalue weighted by Gasteiger charge is 2.35. The van der Waals surface area contributed by atoms with Crippen LogP contribution in [0.15, 0.2) is 48.5 Å². The van der Waals surface area contributed by atoms with Crippen LogP contribution in [0.4, 0.5) is 5.69 Å². The van der Waals surface area contributed by atoms with Crippen LogP contribution in [0.2, 0.25) is 0 Å². The van der Waals surface area contributed by atoms with E-state index in [-0.39, 0.29) is 11.8 Å². The van der Waals surface area contributed by atoms with E-state index in [2.05, 4.69) is 6.92 Å². The number of amides is 2. The van der Waals surface area contributed by atoms with Gasteiger partial charge in [0.1, 0.15) is 11.8 Å². The molecule has 0 spiro atoms. The molecule has 3 rings (SSSR count). The van der Waals surface area contributed by atoms with Gasteiger partial charge in [0.25, 0.3) is 5.91 Å². The van der Waals surface area contributed by atoms with Crippen LogP contribution in [0, 0.1) is 0 Å². The van der Waals surface area contributed by atoms with E-state index in [0.29, 0.717) is 24.4 Å². The van der Waals surface area contributed by atoms with Gasteiger partial charge in [-0.05, 0) is 49.2 Å². The lowest BCUT2D eigenvalue weighted by atomic mass is 10.1. The summed E-state index contributed by atoms with van der Waals surface area (Å²) in [5.74, 6) is 0.423. The van der Waals surface area contributed by atoms with Crippen molar-refractivity contribution in [2.45, 2.75) is 26.3 Å². The third-order valence-electron chi connectivity index (χ3n) is 4.89. The summed E-state index contributed by atoms with van der Waals surface area (Å²) in [6, 6.07) is 14.6. The van der Waals surface area contributed by atoms with E-state index in [9.17, 15) is 9.59 Å². The van der Waals surface area contributed by atoms with Gasteiger partial charge in [-0.1, -0.05) is 25.1 Å². The van der Waals surface area contributed by atoms with E-state index in [1.54, 1.807) is 48.1 Å². The molecule has 26 heavy (non-hydrogen) atoms. The molecule has 0 aliphatic carbocycles. The molecule has 0 radical (unpaired) electrons. The molecule has 5 heteroatoms. The lowest BCUT2D eigenvalue weighted by Crippen LogP contribution is -2.57. The average Bonchev–Trinajstić information content (AvgIpc) is 2.69. The van der Waals surface area contributed by atoms with Gasteiger partial charge in [0.2, 0.25) is 5.91 Å². The summed E-state index contributed by atoms with van der Waals surface area (Å²) in [7, 11) is 1.57. The maximum atomic E-state index is 12.9. The zero-order valence-electron chi connectivity index (χ0n) is 15.4. The standard InChI is InChI=1S/C21H24N2O3/c1-4-16-8-10-18(11-9-16)23-13-12-22(15(2)20(23)24)21(25)17-6-5-7-19(14-17)26-3/h5-11,14-15H,4,12-13H2,1-3H3. The molecular formula is C21H24N2O3. The Morgan fingerprint density at radius 3 is 2.54 bits per heavy atom. The number of anilines is 1. The molecule has 1 atom stereocenters. The minimum atomic E-state index is -0.506. The van der Waals surface area contributed by atoms with Crippen molar-refractivity contribution in [3.63, 3.8) is 0 Å². The van der Waals surface area contributed by atoms with E-state index >= 15 is 0 Å². The summed E-state index contributed by atoms with van der Waals surface area (Å²) < 4.78 is 5.19. The van der Waals surface area contributed by atoms with E-state index in [1.807, 2.05) is 24.3 Å². The second-order valence-corrected chi connectivity index (χ2v) is 6.42. The van der Waals surface area contributed by atoms with Crippen molar-refractivity contribution in [3.8, 4) is 5.75 Å². The molecule has 1 unspecified atom stereocenters. The fourth-order valence-electron chi connectivity index (χ4n) is 3.24. The smallest absolute Gasteiger partial charge is 0.254 e. The molecule has 1 fully saturated rings. The molecule has 1 aliphatic rings. The Labute approximate surface area is 154 Å². The van der Waals surface area contributed by atoms with Crippen molar-refractivity contribution in [2.24, 2.45) is 0 Å². The van der Waals surface area contributed by atoms with E-state index in [4.69, 9.17) is 4.74 Å². The van der Waals surface area contributed by atoms with Gasteiger partial charge in [-0.25, -0.2) is 0 Å². The van der Waals surface area contributed by atoms with Crippen molar-refractivity contribution in [3.05, 3.63) is 59.7 Å². The Balaban J connectivity index is 1.77. The largest absolute Gasteiger partial charge is 0.497 e. The summed E-state index contributed by atoms with van der Waals surface area (Å²) in [5.41, 5.74) is 2.65. The normalized spacial score (nSPS) is 17.3. The summed E-state index contributed by atoms with van der Waals surface area (Å²) in [5, 5.41) is 0. The van der Waals surface area contributed by atoms with Crippen molar-refractivity contribution in [2.75, 3.05) is 25.1 Å². The lowest BCUT2D eigenvalue weighted by molar-refractivity contribution is -0.124. The Kier molecular flexibility index (Phi) is 5.26. The molecule has 5 nitrogen and oxygen atoms in total. The molecule has 1 saturated heterocycles. The van der Waals surface area contributed by atoms with Gasteiger partial charge in [0.05, 0.1) is 7.11 Å². The SMILES string of the molecule is CCc1ccc(N2CCN(C(=O)c3cccc(OC)c3)C(C)C2=O)cc1. The predicted molar refractivity (Wildman–Crippen MR) is 102 cm³/mol. The summed E-state index contributed by atoms with van der Waals surface area (Å²) in [6.45, 7) is 4.88. The Bertz CT molecular complexity index is 801. The van der Waals surface area contributed by atoms with Gasteiger partial charge in [-0.3, -0.25) is 9.59 Å². The molecule has 0 aromatic heterocycles. The van der Waals surface area contributed by atoms with Gasteiger partial charge >= 0.3 is 0 Å². The first kappa shape index (κ1) is 18.0. The van der Waals surface area contributed by atoms with Crippen molar-refractivity contribution >= 4 is 17.5 Å². The number of hydrogen-bond donors (Lipinski definition) is 0. The van der Waals surface area contributed by atoms with Gasteiger partial charge in [0, 0.05) is 24.3 Å². The van der Waals surface area contributed by atoms with Crippen LogP contribution in [0.3, 0.4) is 0 Å². The van der Waals surface area contributed by atoms with E-state index in [1.165, 1.54) is 5.56 Å². The number of ether oxygens (including phenoxy) is 1. The van der Waals surface area contributed by atoms with E-state index < -0.39 is 6.04 Å². The topological polar surface area (TPSA) is 49.9 Å². The molecule has 1 heterocycles. The maximum absolute atomic E-state index is 12.9. The number of rotatable bonds is 4. The Morgan fingerprint density at radius 1 is 1.15 bits per heavy atom. The molecule has 1 aliphatic heterocycles. The molecule has 0 bridgehead atoms. The highest BCUT2D eigenvalue weighted by atomic mass is 16.5. The van der Waals surface area contributed by atoms with Gasteiger partial charge in [0.15, 0.2) is 0 Å². The number of nitrogens with zero attached hydrogens (tertiary/aromatic N) is 2. The van der Waals surface area contributed by atoms with Crippen LogP contribution >= 0.6 is 0 Å². The fourth-order valence-corrected chi connectivity index (χ4v) is 3.24. The van der Waals surface area contributed by atoms with Gasteiger partial charge < -0.3 is 14.5 Å². The second kappa shape index (κ2) is 7.60. The Morgan fingerprint density at radius 2 is 1.88 bits per heavy atom. The van der Waals surface area contributed by atoms with Crippen LogP contribution in [-0.2, 0) is 11.2 Å². The van der Waals surface area contributed by atoms with Crippen LogP contribution in [0.25, 0.3) is 0 Å². The third-order valence-corrected chi connectivity index (χ3v) is 4.89. The number of methoxy groups -OCH3 is 1. The predicted octanol–water partition coefficient (Wildman–Crippen LogP) is 3.14. The number of benzene rings is 2. The zero-order chi connectivity index (χ0) is 18.7. The number of carbonyl (C=O) groups is 2. The molecule has 2 aromatic rings. The van der Waals surface area contributed by atoms with Crippen molar-refractivity contribution in [1.82, 2.24) is 4.90 Å². The average molecular weight is 352 g/mol. The minimum Gasteiger partial charge on any atom is -0.497 e. The highest BCUT2D eigenvalue weighted by Crippen LogP contribution is 2.23. The summed E-state index contributed by atoms with van der Waals surface area (Å²) in [4.78, 5) is 29.1. The molecule has 0 N–H and O–H groups in total. The monoisotopic (exact) mass is 352 g/mol. The lowest BCUT2D eigenvalue weighted by Gasteiger charge is -2.39. The van der Waals surface area contributed by atoms with Crippen molar-refractivity contribution in [1.29, 1.82) is 0 Å². The Hall–Kier alpha value is -2.82. The first-order valence-electron chi connectivity index (χ1n) is 8.90. The van der Waals surface area contributed by atoms with Crippen molar-refractivity contribution < 1.29 is 14.3 Å². The first-order chi connectivity index (χ1) is 12.5. The summed E-state index contributed by atoms with van der Waals surface area (Å²) >= 11 is 0. The van der Waals surface area contributed by atoms with Crippen LogP contribution in [0.1, 0.15) is 29.8 Å². The zero-order valence-corrected chi connectivity index (χ0v) is 15.4. The molecule has 2 aromatic carbocycles. The quantitative estimate of drug-likeness (QED) is 0.849.